The molecule has 0 saturated heterocycles. The van der Waals surface area contributed by atoms with E-state index in [4.69, 9.17) is 0 Å². The van der Waals surface area contributed by atoms with Gasteiger partial charge in [0.05, 0.1) is 11.7 Å². The predicted octanol–water partition coefficient (Wildman–Crippen LogP) is 4.61. The molecule has 0 bridgehead atoms. The lowest BCUT2D eigenvalue weighted by Crippen LogP contribution is -2.26. The van der Waals surface area contributed by atoms with Gasteiger partial charge in [-0.25, -0.2) is 0 Å². The van der Waals surface area contributed by atoms with Crippen LogP contribution in [0.5, 0.6) is 0 Å². The molecule has 6 heteroatoms. The van der Waals surface area contributed by atoms with E-state index in [-0.39, 0.29) is 11.8 Å². The average molecular weight is 417 g/mol. The van der Waals surface area contributed by atoms with E-state index in [1.54, 1.807) is 6.92 Å². The maximum absolute atomic E-state index is 11.7. The van der Waals surface area contributed by atoms with Crippen molar-refractivity contribution in [3.05, 3.63) is 77.4 Å². The molecule has 1 N–H and O–H groups in total. The fourth-order valence-electron chi connectivity index (χ4n) is 4.22. The van der Waals surface area contributed by atoms with Gasteiger partial charge in [0.15, 0.2) is 5.17 Å². The van der Waals surface area contributed by atoms with Crippen molar-refractivity contribution in [2.75, 3.05) is 17.2 Å². The van der Waals surface area contributed by atoms with Crippen LogP contribution >= 0.6 is 11.8 Å². The Morgan fingerprint density at radius 1 is 1.13 bits per heavy atom. The van der Waals surface area contributed by atoms with Crippen molar-refractivity contribution in [1.29, 1.82) is 0 Å². The molecule has 0 spiro atoms. The van der Waals surface area contributed by atoms with Crippen LogP contribution in [-0.4, -0.2) is 34.4 Å². The monoisotopic (exact) mass is 416 g/mol. The van der Waals surface area contributed by atoms with Crippen molar-refractivity contribution in [3.8, 4) is 0 Å². The summed E-state index contributed by atoms with van der Waals surface area (Å²) >= 11 is 1.46. The summed E-state index contributed by atoms with van der Waals surface area (Å²) in [6, 6.07) is 20.6. The van der Waals surface area contributed by atoms with Gasteiger partial charge < -0.3 is 10.0 Å². The number of fused-ring (bicyclic) bond motifs is 2. The summed E-state index contributed by atoms with van der Waals surface area (Å²) in [5, 5.41) is 12.6. The maximum atomic E-state index is 11.7. The Balaban J connectivity index is 1.62. The minimum atomic E-state index is -0.839. The number of hydrogen-bond donors (Lipinski definition) is 1. The Hall–Kier alpha value is -3.12. The van der Waals surface area contributed by atoms with Crippen LogP contribution in [0.1, 0.15) is 35.4 Å². The number of carboxylic acid groups (broad SMARTS) is 1. The van der Waals surface area contributed by atoms with Crippen molar-refractivity contribution in [1.82, 2.24) is 0 Å². The topological polar surface area (TPSA) is 70.0 Å². The molecule has 5 rings (SSSR count). The van der Waals surface area contributed by atoms with Crippen LogP contribution in [0.2, 0.25) is 0 Å². The van der Waals surface area contributed by atoms with Crippen molar-refractivity contribution >= 4 is 45.3 Å². The number of amidine groups is 1. The zero-order chi connectivity index (χ0) is 20.8. The van der Waals surface area contributed by atoms with Gasteiger partial charge in [-0.2, -0.15) is 4.99 Å². The van der Waals surface area contributed by atoms with Crippen LogP contribution in [-0.2, 0) is 9.59 Å². The highest BCUT2D eigenvalue weighted by Crippen LogP contribution is 2.43. The van der Waals surface area contributed by atoms with Gasteiger partial charge in [0, 0.05) is 18.2 Å². The third-order valence-electron chi connectivity index (χ3n) is 5.91. The predicted molar refractivity (Wildman–Crippen MR) is 121 cm³/mol. The van der Waals surface area contributed by atoms with Gasteiger partial charge in [0.25, 0.3) is 5.91 Å². The number of carbonyl (C=O) groups is 2. The number of aliphatic carboxylic acids is 1. The fourth-order valence-corrected chi connectivity index (χ4v) is 5.03. The number of thioether (sulfide) groups is 1. The largest absolute Gasteiger partial charge is 0.481 e. The molecular weight excluding hydrogens is 396 g/mol. The smallest absolute Gasteiger partial charge is 0.310 e. The molecule has 2 atom stereocenters. The third-order valence-corrected chi connectivity index (χ3v) is 6.87. The zero-order valence-electron chi connectivity index (χ0n) is 16.4. The van der Waals surface area contributed by atoms with Crippen LogP contribution in [0.25, 0.3) is 10.8 Å². The summed E-state index contributed by atoms with van der Waals surface area (Å²) in [7, 11) is 0. The Bertz CT molecular complexity index is 1220. The molecule has 1 amide bonds. The molecule has 0 aliphatic carbocycles. The molecule has 30 heavy (non-hydrogen) atoms. The van der Waals surface area contributed by atoms with Gasteiger partial charge in [0.2, 0.25) is 0 Å². The first-order chi connectivity index (χ1) is 14.5. The van der Waals surface area contributed by atoms with Crippen molar-refractivity contribution in [2.24, 2.45) is 4.99 Å². The Labute approximate surface area is 178 Å². The zero-order valence-corrected chi connectivity index (χ0v) is 17.2. The summed E-state index contributed by atoms with van der Waals surface area (Å²) in [5.41, 5.74) is 4.03. The van der Waals surface area contributed by atoms with E-state index >= 15 is 0 Å². The van der Waals surface area contributed by atoms with Gasteiger partial charge in [-0.3, -0.25) is 9.59 Å². The molecule has 2 unspecified atom stereocenters. The Morgan fingerprint density at radius 3 is 2.67 bits per heavy atom. The highest BCUT2D eigenvalue weighted by atomic mass is 32.2. The SMILES string of the molecule is CC(C(=O)O)c1ccc2c(c1)C(c1ccc3ccccc3c1)CN2C1=NC(=O)CS1. The van der Waals surface area contributed by atoms with E-state index in [1.165, 1.54) is 28.1 Å². The number of rotatable bonds is 3. The molecule has 0 saturated carbocycles. The van der Waals surface area contributed by atoms with Gasteiger partial charge in [-0.15, -0.1) is 0 Å². The van der Waals surface area contributed by atoms with Gasteiger partial charge in [-0.05, 0) is 40.5 Å². The van der Waals surface area contributed by atoms with Crippen molar-refractivity contribution < 1.29 is 14.7 Å². The number of carbonyl (C=O) groups excluding carboxylic acids is 1. The second-order valence-corrected chi connectivity index (χ2v) is 8.67. The lowest BCUT2D eigenvalue weighted by atomic mass is 9.89. The Morgan fingerprint density at radius 2 is 1.93 bits per heavy atom. The fraction of sp³-hybridized carbons (Fsp3) is 0.208. The Kier molecular flexibility index (Phi) is 4.59. The van der Waals surface area contributed by atoms with E-state index < -0.39 is 11.9 Å². The van der Waals surface area contributed by atoms with Crippen LogP contribution in [0.15, 0.2) is 65.7 Å². The standard InChI is InChI=1S/C24H20N2O3S/c1-14(23(28)29)16-8-9-21-19(11-16)20(12-26(21)24-25-22(27)13-30-24)18-7-6-15-4-2-3-5-17(15)10-18/h2-11,14,20H,12-13H2,1H3,(H,28,29). The third kappa shape index (κ3) is 3.17. The van der Waals surface area contributed by atoms with Gasteiger partial charge >= 0.3 is 5.97 Å². The van der Waals surface area contributed by atoms with E-state index in [9.17, 15) is 14.7 Å². The number of aliphatic imine (C=N–C) groups is 1. The number of carboxylic acids is 1. The number of anilines is 1. The first-order valence-electron chi connectivity index (χ1n) is 9.88. The van der Waals surface area contributed by atoms with E-state index in [2.05, 4.69) is 40.2 Å². The first kappa shape index (κ1) is 18.9. The molecule has 3 aromatic rings. The lowest BCUT2D eigenvalue weighted by Gasteiger charge is -2.19. The second-order valence-electron chi connectivity index (χ2n) is 7.72. The van der Waals surface area contributed by atoms with Crippen LogP contribution < -0.4 is 4.90 Å². The number of benzene rings is 3. The molecule has 5 nitrogen and oxygen atoms in total. The molecule has 0 fully saturated rings. The summed E-state index contributed by atoms with van der Waals surface area (Å²) in [4.78, 5) is 29.6. The summed E-state index contributed by atoms with van der Waals surface area (Å²) < 4.78 is 0. The number of amides is 1. The van der Waals surface area contributed by atoms with E-state index in [0.717, 1.165) is 22.0 Å². The van der Waals surface area contributed by atoms with Crippen molar-refractivity contribution in [2.45, 2.75) is 18.8 Å². The van der Waals surface area contributed by atoms with Gasteiger partial charge in [-0.1, -0.05) is 66.4 Å². The lowest BCUT2D eigenvalue weighted by molar-refractivity contribution is -0.138. The quantitative estimate of drug-likeness (QED) is 0.675. The van der Waals surface area contributed by atoms with E-state index in [1.807, 2.05) is 30.3 Å². The molecule has 0 aromatic heterocycles. The number of nitrogens with zero attached hydrogens (tertiary/aromatic N) is 2. The molecule has 2 aliphatic heterocycles. The molecule has 2 aliphatic rings. The minimum Gasteiger partial charge on any atom is -0.481 e. The van der Waals surface area contributed by atoms with Crippen LogP contribution in [0.3, 0.4) is 0 Å². The molecular formula is C24H20N2O3S. The molecule has 150 valence electrons. The van der Waals surface area contributed by atoms with Crippen LogP contribution in [0, 0.1) is 0 Å². The van der Waals surface area contributed by atoms with Crippen molar-refractivity contribution in [3.63, 3.8) is 0 Å². The molecule has 2 heterocycles. The molecule has 0 radical (unpaired) electrons. The van der Waals surface area contributed by atoms with Gasteiger partial charge in [0.1, 0.15) is 0 Å². The summed E-state index contributed by atoms with van der Waals surface area (Å²) in [6.07, 6.45) is 0. The minimum absolute atomic E-state index is 0.0737. The maximum Gasteiger partial charge on any atom is 0.310 e. The average Bonchev–Trinajstić information content (AvgIpc) is 3.35. The highest BCUT2D eigenvalue weighted by Gasteiger charge is 2.35. The molecule has 3 aromatic carbocycles. The first-order valence-corrected chi connectivity index (χ1v) is 10.9. The summed E-state index contributed by atoms with van der Waals surface area (Å²) in [6.45, 7) is 2.38. The van der Waals surface area contributed by atoms with Crippen LogP contribution in [0.4, 0.5) is 5.69 Å². The normalized spacial score (nSPS) is 19.1. The summed E-state index contributed by atoms with van der Waals surface area (Å²) in [5.74, 6) is -1.09. The number of hydrogen-bond acceptors (Lipinski definition) is 4. The second kappa shape index (κ2) is 7.29. The highest BCUT2D eigenvalue weighted by molar-refractivity contribution is 8.15. The van der Waals surface area contributed by atoms with E-state index in [0.29, 0.717) is 12.3 Å².